The summed E-state index contributed by atoms with van der Waals surface area (Å²) in [7, 11) is 0. The molecule has 0 aromatic carbocycles. The van der Waals surface area contributed by atoms with Gasteiger partial charge in [0.2, 0.25) is 0 Å². The molecule has 1 atom stereocenters. The van der Waals surface area contributed by atoms with E-state index in [2.05, 4.69) is 67.5 Å². The van der Waals surface area contributed by atoms with Crippen LogP contribution < -0.4 is 5.32 Å². The van der Waals surface area contributed by atoms with Crippen LogP contribution in [0.5, 0.6) is 0 Å². The first-order valence-corrected chi connectivity index (χ1v) is 7.66. The van der Waals surface area contributed by atoms with E-state index in [0.29, 0.717) is 11.5 Å². The van der Waals surface area contributed by atoms with Crippen molar-refractivity contribution in [1.29, 1.82) is 0 Å². The molecule has 1 aromatic rings. The van der Waals surface area contributed by atoms with E-state index < -0.39 is 0 Å². The van der Waals surface area contributed by atoms with Crippen molar-refractivity contribution in [3.63, 3.8) is 0 Å². The molecule has 4 nitrogen and oxygen atoms in total. The summed E-state index contributed by atoms with van der Waals surface area (Å²) in [6.45, 7) is 18.0. The largest absolute Gasteiger partial charge is 0.334 e. The van der Waals surface area contributed by atoms with Crippen LogP contribution in [0.15, 0.2) is 12.4 Å². The van der Waals surface area contributed by atoms with Gasteiger partial charge in [-0.2, -0.15) is 0 Å². The summed E-state index contributed by atoms with van der Waals surface area (Å²) in [5.74, 6) is 1.10. The molecule has 0 aliphatic carbocycles. The first kappa shape index (κ1) is 15.5. The second-order valence-corrected chi connectivity index (χ2v) is 7.78. The lowest BCUT2D eigenvalue weighted by Gasteiger charge is -2.49. The topological polar surface area (TPSA) is 33.1 Å². The molecule has 0 bridgehead atoms. The van der Waals surface area contributed by atoms with E-state index in [-0.39, 0.29) is 5.54 Å². The van der Waals surface area contributed by atoms with Crippen molar-refractivity contribution in [1.82, 2.24) is 19.8 Å². The summed E-state index contributed by atoms with van der Waals surface area (Å²) in [5, 5.41) is 3.69. The van der Waals surface area contributed by atoms with Gasteiger partial charge < -0.3 is 9.88 Å². The van der Waals surface area contributed by atoms with E-state index in [4.69, 9.17) is 0 Å². The maximum atomic E-state index is 4.31. The molecule has 114 valence electrons. The van der Waals surface area contributed by atoms with Gasteiger partial charge in [0.1, 0.15) is 5.82 Å². The average molecular weight is 278 g/mol. The van der Waals surface area contributed by atoms with E-state index in [0.717, 1.165) is 32.0 Å². The third-order valence-electron chi connectivity index (χ3n) is 4.36. The normalized spacial score (nSPS) is 24.0. The van der Waals surface area contributed by atoms with Crippen LogP contribution in [0.1, 0.15) is 40.4 Å². The molecule has 1 N–H and O–H groups in total. The van der Waals surface area contributed by atoms with Crippen LogP contribution in [0.3, 0.4) is 0 Å². The number of imidazole rings is 1. The zero-order valence-corrected chi connectivity index (χ0v) is 13.9. The summed E-state index contributed by atoms with van der Waals surface area (Å²) < 4.78 is 2.24. The molecule has 2 heterocycles. The summed E-state index contributed by atoms with van der Waals surface area (Å²) in [6.07, 6.45) is 3.97. The maximum Gasteiger partial charge on any atom is 0.105 e. The molecule has 20 heavy (non-hydrogen) atoms. The molecule has 0 amide bonds. The standard InChI is InChI=1S/C16H30N4/c1-13-17-7-8-19(13)9-10-20-12-16(5,6)18-11-14(20)15(2,3)4/h7-8,14,18H,9-12H2,1-6H3. The van der Waals surface area contributed by atoms with Gasteiger partial charge in [0, 0.05) is 50.2 Å². The Morgan fingerprint density at radius 1 is 1.35 bits per heavy atom. The minimum Gasteiger partial charge on any atom is -0.334 e. The molecule has 0 radical (unpaired) electrons. The monoisotopic (exact) mass is 278 g/mol. The molecule has 1 aromatic heterocycles. The SMILES string of the molecule is Cc1nccn1CCN1CC(C)(C)NCC1C(C)(C)C. The van der Waals surface area contributed by atoms with E-state index >= 15 is 0 Å². The zero-order valence-electron chi connectivity index (χ0n) is 13.9. The van der Waals surface area contributed by atoms with Crippen molar-refractivity contribution < 1.29 is 0 Å². The quantitative estimate of drug-likeness (QED) is 0.921. The molecule has 2 rings (SSSR count). The van der Waals surface area contributed by atoms with Gasteiger partial charge in [-0.3, -0.25) is 4.90 Å². The van der Waals surface area contributed by atoms with Gasteiger partial charge in [-0.05, 0) is 26.2 Å². The molecular formula is C16H30N4. The van der Waals surface area contributed by atoms with Gasteiger partial charge >= 0.3 is 0 Å². The van der Waals surface area contributed by atoms with Gasteiger partial charge in [0.15, 0.2) is 0 Å². The molecule has 1 aliphatic heterocycles. The number of aromatic nitrogens is 2. The van der Waals surface area contributed by atoms with Crippen LogP contribution in [-0.2, 0) is 6.54 Å². The van der Waals surface area contributed by atoms with E-state index in [1.165, 1.54) is 0 Å². The van der Waals surface area contributed by atoms with Gasteiger partial charge in [0.05, 0.1) is 0 Å². The average Bonchev–Trinajstić information content (AvgIpc) is 2.69. The Morgan fingerprint density at radius 3 is 2.60 bits per heavy atom. The molecule has 4 heteroatoms. The predicted molar refractivity (Wildman–Crippen MR) is 83.9 cm³/mol. The van der Waals surface area contributed by atoms with Crippen LogP contribution in [0.25, 0.3) is 0 Å². The molecule has 1 fully saturated rings. The highest BCUT2D eigenvalue weighted by Crippen LogP contribution is 2.28. The number of hydrogen-bond acceptors (Lipinski definition) is 3. The fraction of sp³-hybridized carbons (Fsp3) is 0.812. The van der Waals surface area contributed by atoms with Crippen molar-refractivity contribution in [2.24, 2.45) is 5.41 Å². The Kier molecular flexibility index (Phi) is 4.26. The number of nitrogens with one attached hydrogen (secondary N) is 1. The molecule has 1 unspecified atom stereocenters. The van der Waals surface area contributed by atoms with Crippen molar-refractivity contribution in [3.05, 3.63) is 18.2 Å². The predicted octanol–water partition coefficient (Wildman–Crippen LogP) is 2.29. The lowest BCUT2D eigenvalue weighted by molar-refractivity contribution is 0.0307. The van der Waals surface area contributed by atoms with Gasteiger partial charge in [0.25, 0.3) is 0 Å². The van der Waals surface area contributed by atoms with Crippen molar-refractivity contribution >= 4 is 0 Å². The molecule has 1 aliphatic rings. The lowest BCUT2D eigenvalue weighted by Crippen LogP contribution is -2.65. The minimum absolute atomic E-state index is 0.200. The van der Waals surface area contributed by atoms with E-state index in [1.54, 1.807) is 0 Å². The Hall–Kier alpha value is -0.870. The summed E-state index contributed by atoms with van der Waals surface area (Å²) in [4.78, 5) is 6.96. The first-order valence-electron chi connectivity index (χ1n) is 7.66. The smallest absolute Gasteiger partial charge is 0.105 e. The zero-order chi connectivity index (χ0) is 15.0. The summed E-state index contributed by atoms with van der Waals surface area (Å²) >= 11 is 0. The van der Waals surface area contributed by atoms with Crippen LogP contribution >= 0.6 is 0 Å². The van der Waals surface area contributed by atoms with Crippen molar-refractivity contribution in [2.75, 3.05) is 19.6 Å². The van der Waals surface area contributed by atoms with Crippen LogP contribution in [0.2, 0.25) is 0 Å². The Bertz CT molecular complexity index is 442. The number of aryl methyl sites for hydroxylation is 1. The third-order valence-corrected chi connectivity index (χ3v) is 4.36. The second-order valence-electron chi connectivity index (χ2n) is 7.78. The highest BCUT2D eigenvalue weighted by Gasteiger charge is 2.38. The summed E-state index contributed by atoms with van der Waals surface area (Å²) in [5.41, 5.74) is 0.499. The number of hydrogen-bond donors (Lipinski definition) is 1. The lowest BCUT2D eigenvalue weighted by atomic mass is 9.82. The molecular weight excluding hydrogens is 248 g/mol. The first-order chi connectivity index (χ1) is 9.19. The van der Waals surface area contributed by atoms with Crippen molar-refractivity contribution in [2.45, 2.75) is 59.7 Å². The van der Waals surface area contributed by atoms with Crippen molar-refractivity contribution in [3.8, 4) is 0 Å². The Labute approximate surface area is 123 Å². The van der Waals surface area contributed by atoms with Crippen LogP contribution in [0.4, 0.5) is 0 Å². The molecule has 0 saturated carbocycles. The molecule has 0 spiro atoms. The van der Waals surface area contributed by atoms with Gasteiger partial charge in [-0.25, -0.2) is 4.98 Å². The number of piperazine rings is 1. The van der Waals surface area contributed by atoms with Gasteiger partial charge in [-0.1, -0.05) is 20.8 Å². The number of rotatable bonds is 3. The Morgan fingerprint density at radius 2 is 2.05 bits per heavy atom. The second kappa shape index (κ2) is 5.49. The Balaban J connectivity index is 2.06. The van der Waals surface area contributed by atoms with Crippen LogP contribution in [0, 0.1) is 12.3 Å². The fourth-order valence-corrected chi connectivity index (χ4v) is 3.14. The van der Waals surface area contributed by atoms with Gasteiger partial charge in [-0.15, -0.1) is 0 Å². The highest BCUT2D eigenvalue weighted by atomic mass is 15.3. The highest BCUT2D eigenvalue weighted by molar-refractivity contribution is 4.97. The molecule has 1 saturated heterocycles. The van der Waals surface area contributed by atoms with Crippen LogP contribution in [-0.4, -0.2) is 45.7 Å². The number of nitrogens with zero attached hydrogens (tertiary/aromatic N) is 3. The maximum absolute atomic E-state index is 4.31. The van der Waals surface area contributed by atoms with E-state index in [1.807, 2.05) is 6.20 Å². The minimum atomic E-state index is 0.200. The fourth-order valence-electron chi connectivity index (χ4n) is 3.14. The summed E-state index contributed by atoms with van der Waals surface area (Å²) in [6, 6.07) is 0.583. The van der Waals surface area contributed by atoms with E-state index in [9.17, 15) is 0 Å². The third kappa shape index (κ3) is 3.61.